The van der Waals surface area contributed by atoms with Gasteiger partial charge >= 0.3 is 17.9 Å². The van der Waals surface area contributed by atoms with Crippen molar-refractivity contribution >= 4 is 70.5 Å². The summed E-state index contributed by atoms with van der Waals surface area (Å²) in [7, 11) is 0. The van der Waals surface area contributed by atoms with E-state index in [2.05, 4.69) is 0 Å². The molecule has 3 aliphatic rings. The highest BCUT2D eigenvalue weighted by molar-refractivity contribution is 7.99. The molecule has 3 aliphatic heterocycles. The number of carbonyl (C=O) groups is 6. The molecule has 99 heavy (non-hydrogen) atoms. The molecule has 0 spiro atoms. The van der Waals surface area contributed by atoms with E-state index in [0.717, 1.165) is 16.7 Å². The molecule has 0 aliphatic carbocycles. The standard InChI is InChI=1S/C69H74O27S3/c70-24-52-58(82)61(85)64(88)67(94-52)91-49-12-9-40(20-43(49)23-57(80)81)46(73)30-97-27-35-13-36(28-98-31-47(74)41-7-10-44(38-5-1-3-33(16-38)18-55(76)77)50(21-41)92-68-65(89)62(86)59(83)53(25-71)95-68)15-37(14-35)29-99-32-48(75)42-8-11-45(39-6-2-4-34(17-39)19-56(78)79)51(22-42)93-69-66(90)63(87)60(84)54(26-72)96-69/h1-17,20-22,52-54,58-72,82-90H,18-19,23-32H2,(H,76,77)(H,78,79)(H,80,81)/t52-,53+,54+,58-,59+,60+,61+,62-,63-,64+,65-,66-,67+,68-,69-/m0/s1. The normalized spacial score (nSPS) is 25.3. The maximum absolute atomic E-state index is 14.2. The van der Waals surface area contributed by atoms with Crippen LogP contribution in [0.1, 0.15) is 64.5 Å². The molecule has 0 saturated carbocycles. The second-order valence-corrected chi connectivity index (χ2v) is 26.7. The Morgan fingerprint density at radius 2 is 0.687 bits per heavy atom. The molecule has 530 valence electrons. The number of thioether (sulfide) groups is 3. The van der Waals surface area contributed by atoms with E-state index in [1.165, 1.54) is 77.8 Å². The van der Waals surface area contributed by atoms with E-state index >= 15 is 0 Å². The summed E-state index contributed by atoms with van der Waals surface area (Å²) in [5, 5.41) is 153. The number of aliphatic hydroxyl groups is 12. The topological polar surface area (TPSA) is 461 Å². The van der Waals surface area contributed by atoms with Crippen molar-refractivity contribution in [2.24, 2.45) is 0 Å². The lowest BCUT2D eigenvalue weighted by Crippen LogP contribution is -2.60. The molecule has 3 fully saturated rings. The zero-order chi connectivity index (χ0) is 71.4. The first-order chi connectivity index (χ1) is 47.3. The minimum absolute atomic E-state index is 0.0119. The highest BCUT2D eigenvalue weighted by atomic mass is 32.2. The van der Waals surface area contributed by atoms with Crippen molar-refractivity contribution in [3.8, 4) is 39.5 Å². The predicted molar refractivity (Wildman–Crippen MR) is 355 cm³/mol. The summed E-state index contributed by atoms with van der Waals surface area (Å²) in [6, 6.07) is 31.6. The number of hydrogen-bond donors (Lipinski definition) is 15. The summed E-state index contributed by atoms with van der Waals surface area (Å²) < 4.78 is 34.7. The van der Waals surface area contributed by atoms with Crippen LogP contribution in [0.15, 0.2) is 121 Å². The third-order valence-electron chi connectivity index (χ3n) is 16.4. The Balaban J connectivity index is 0.945. The Labute approximate surface area is 578 Å². The van der Waals surface area contributed by atoms with Gasteiger partial charge in [0.05, 0.1) is 56.3 Å². The summed E-state index contributed by atoms with van der Waals surface area (Å²) in [4.78, 5) is 77.4. The molecule has 0 aromatic heterocycles. The molecule has 3 saturated heterocycles. The van der Waals surface area contributed by atoms with Gasteiger partial charge < -0.3 is 105 Å². The van der Waals surface area contributed by atoms with Crippen LogP contribution in [0.4, 0.5) is 0 Å². The van der Waals surface area contributed by atoms with E-state index < -0.39 is 142 Å². The minimum Gasteiger partial charge on any atom is -0.481 e. The fourth-order valence-electron chi connectivity index (χ4n) is 11.3. The molecule has 30 heteroatoms. The van der Waals surface area contributed by atoms with E-state index in [0.29, 0.717) is 33.4 Å². The van der Waals surface area contributed by atoms with Gasteiger partial charge in [-0.1, -0.05) is 78.9 Å². The number of rotatable bonds is 32. The van der Waals surface area contributed by atoms with Crippen LogP contribution in [0, 0.1) is 0 Å². The largest absolute Gasteiger partial charge is 0.481 e. The van der Waals surface area contributed by atoms with Crippen molar-refractivity contribution < 1.29 is 134 Å². The van der Waals surface area contributed by atoms with Crippen molar-refractivity contribution in [3.63, 3.8) is 0 Å². The van der Waals surface area contributed by atoms with Crippen LogP contribution in [0.3, 0.4) is 0 Å². The first-order valence-corrected chi connectivity index (χ1v) is 34.4. The number of benzene rings is 6. The number of ketones is 3. The average Bonchev–Trinajstić information content (AvgIpc) is 0.805. The Kier molecular flexibility index (Phi) is 26.6. The zero-order valence-electron chi connectivity index (χ0n) is 52.5. The lowest BCUT2D eigenvalue weighted by molar-refractivity contribution is -0.277. The van der Waals surface area contributed by atoms with Crippen LogP contribution in [0.5, 0.6) is 17.2 Å². The van der Waals surface area contributed by atoms with E-state index in [9.17, 15) is 105 Å². The molecule has 3 heterocycles. The Bertz CT molecular complexity index is 3670. The fraction of sp³-hybridized carbons (Fsp3) is 0.391. The maximum Gasteiger partial charge on any atom is 0.307 e. The van der Waals surface area contributed by atoms with Gasteiger partial charge in [-0.25, -0.2) is 0 Å². The maximum atomic E-state index is 14.2. The van der Waals surface area contributed by atoms with Gasteiger partial charge in [0.1, 0.15) is 90.5 Å². The van der Waals surface area contributed by atoms with Gasteiger partial charge in [-0.05, 0) is 81.4 Å². The summed E-state index contributed by atoms with van der Waals surface area (Å²) >= 11 is 3.70. The molecule has 0 amide bonds. The van der Waals surface area contributed by atoms with Gasteiger partial charge in [0.2, 0.25) is 18.9 Å². The number of aliphatic hydroxyl groups excluding tert-OH is 12. The molecular weight excluding hydrogens is 1360 g/mol. The van der Waals surface area contributed by atoms with Crippen LogP contribution in [0.25, 0.3) is 22.3 Å². The van der Waals surface area contributed by atoms with Gasteiger partial charge in [-0.15, -0.1) is 35.3 Å². The van der Waals surface area contributed by atoms with Gasteiger partial charge in [0.25, 0.3) is 0 Å². The Morgan fingerprint density at radius 3 is 1.03 bits per heavy atom. The molecular formula is C69H74O27S3. The van der Waals surface area contributed by atoms with Crippen molar-refractivity contribution in [1.29, 1.82) is 0 Å². The molecule has 9 rings (SSSR count). The molecule has 0 radical (unpaired) electrons. The van der Waals surface area contributed by atoms with Crippen molar-refractivity contribution in [2.75, 3.05) is 37.1 Å². The summed E-state index contributed by atoms with van der Waals surface area (Å²) in [6.45, 7) is -2.23. The molecule has 0 bridgehead atoms. The third kappa shape index (κ3) is 19.4. The monoisotopic (exact) mass is 1430 g/mol. The predicted octanol–water partition coefficient (Wildman–Crippen LogP) is 1.79. The lowest BCUT2D eigenvalue weighted by Gasteiger charge is -2.39. The number of carbonyl (C=O) groups excluding carboxylic acids is 3. The number of carboxylic acids is 3. The van der Waals surface area contributed by atoms with Gasteiger partial charge in [0, 0.05) is 50.6 Å². The van der Waals surface area contributed by atoms with Crippen LogP contribution < -0.4 is 14.2 Å². The molecule has 15 atom stereocenters. The fourth-order valence-corrected chi connectivity index (χ4v) is 13.8. The summed E-state index contributed by atoms with van der Waals surface area (Å²) in [5.74, 6) is -4.40. The zero-order valence-corrected chi connectivity index (χ0v) is 55.0. The molecule has 27 nitrogen and oxygen atoms in total. The molecule has 0 unspecified atom stereocenters. The third-order valence-corrected chi connectivity index (χ3v) is 19.4. The number of ether oxygens (including phenoxy) is 6. The second kappa shape index (κ2) is 34.8. The molecule has 15 N–H and O–H groups in total. The Morgan fingerprint density at radius 1 is 0.354 bits per heavy atom. The first kappa shape index (κ1) is 75.8. The smallest absolute Gasteiger partial charge is 0.307 e. The second-order valence-electron chi connectivity index (χ2n) is 23.7. The van der Waals surface area contributed by atoms with E-state index in [-0.39, 0.29) is 98.4 Å². The van der Waals surface area contributed by atoms with Gasteiger partial charge in [0.15, 0.2) is 17.3 Å². The number of aliphatic carboxylic acids is 3. The SMILES string of the molecule is O=C(O)Cc1cccc(-c2ccc(C(=O)CSCc3cc(CSCC(=O)c4ccc(O[C@@H]5O[C@@H](CO)[C@H](O)[C@@H](O)[C@H]5O)c(CC(=O)O)c4)cc(CSCC(=O)c4ccc(-c5cccc(CC(=O)O)c5)c(O[C@H]5O[C@H](CO)[C@@H](O)[C@H](O)[C@@H]5O)c4)c3)cc2O[C@H]2O[C@H](CO)[C@@H](O)[C@H](O)[C@@H]2O)c1. The van der Waals surface area contributed by atoms with Crippen LogP contribution in [-0.2, 0) is 65.1 Å². The van der Waals surface area contributed by atoms with Gasteiger partial charge in [-0.3, -0.25) is 28.8 Å². The van der Waals surface area contributed by atoms with Crippen LogP contribution in [0.2, 0.25) is 0 Å². The Hall–Kier alpha value is -7.41. The molecule has 6 aromatic carbocycles. The first-order valence-electron chi connectivity index (χ1n) is 30.9. The van der Waals surface area contributed by atoms with Crippen molar-refractivity contribution in [2.45, 2.75) is 129 Å². The lowest BCUT2D eigenvalue weighted by atomic mass is 9.98. The van der Waals surface area contributed by atoms with E-state index in [4.69, 9.17) is 28.4 Å². The summed E-state index contributed by atoms with van der Waals surface area (Å²) in [5.41, 5.74) is 5.07. The van der Waals surface area contributed by atoms with Crippen molar-refractivity contribution in [3.05, 3.63) is 171 Å². The van der Waals surface area contributed by atoms with E-state index in [1.54, 1.807) is 60.7 Å². The summed E-state index contributed by atoms with van der Waals surface area (Å²) in [6.07, 6.45) is -26.1. The number of carboxylic acid groups (broad SMARTS) is 3. The number of Topliss-reactive ketones (excluding diaryl/α,β-unsaturated/α-hetero) is 3. The highest BCUT2D eigenvalue weighted by Gasteiger charge is 2.47. The van der Waals surface area contributed by atoms with Crippen LogP contribution >= 0.6 is 35.3 Å². The van der Waals surface area contributed by atoms with E-state index in [1.807, 2.05) is 18.2 Å². The molecule has 6 aromatic rings. The highest BCUT2D eigenvalue weighted by Crippen LogP contribution is 2.38. The number of hydrogen-bond acceptors (Lipinski definition) is 27. The minimum atomic E-state index is -1.82. The van der Waals surface area contributed by atoms with Crippen molar-refractivity contribution in [1.82, 2.24) is 0 Å². The average molecular weight is 1430 g/mol. The quantitative estimate of drug-likeness (QED) is 0.0268. The van der Waals surface area contributed by atoms with Gasteiger partial charge in [-0.2, -0.15) is 0 Å². The van der Waals surface area contributed by atoms with Crippen LogP contribution in [-0.4, -0.2) is 241 Å².